The van der Waals surface area contributed by atoms with Crippen molar-refractivity contribution in [2.75, 3.05) is 18.1 Å². The molecule has 3 N–H and O–H groups in total. The monoisotopic (exact) mass is 319 g/mol. The predicted octanol–water partition coefficient (Wildman–Crippen LogP) is 0.0975. The molecular weight excluding hydrogens is 298 g/mol. The lowest BCUT2D eigenvalue weighted by molar-refractivity contribution is -0.140. The van der Waals surface area contributed by atoms with Crippen LogP contribution >= 0.6 is 0 Å². The molecule has 1 aromatic rings. The number of para-hydroxylation sites is 1. The number of hydrogen-bond acceptors (Lipinski definition) is 4. The Hall–Kier alpha value is -2.41. The van der Waals surface area contributed by atoms with E-state index >= 15 is 0 Å². The van der Waals surface area contributed by atoms with Crippen LogP contribution < -0.4 is 15.5 Å². The maximum Gasteiger partial charge on any atom is 0.310 e. The second kappa shape index (κ2) is 7.23. The zero-order valence-corrected chi connectivity index (χ0v) is 13.2. The van der Waals surface area contributed by atoms with Gasteiger partial charge in [-0.05, 0) is 26.3 Å². The van der Waals surface area contributed by atoms with E-state index in [1.807, 2.05) is 26.0 Å². The Balaban J connectivity index is 2.12. The van der Waals surface area contributed by atoms with Crippen LogP contribution in [0.4, 0.5) is 5.69 Å². The van der Waals surface area contributed by atoms with Crippen molar-refractivity contribution in [3.8, 4) is 0 Å². The Morgan fingerprint density at radius 2 is 1.96 bits per heavy atom. The molecule has 0 fully saturated rings. The summed E-state index contributed by atoms with van der Waals surface area (Å²) >= 11 is 0. The summed E-state index contributed by atoms with van der Waals surface area (Å²) < 4.78 is 0. The number of amides is 3. The molecular formula is C16H21N3O4. The molecule has 1 aliphatic heterocycles. The molecule has 0 bridgehead atoms. The molecule has 124 valence electrons. The first-order valence-corrected chi connectivity index (χ1v) is 7.59. The Bertz CT molecular complexity index is 615. The molecule has 0 radical (unpaired) electrons. The van der Waals surface area contributed by atoms with E-state index in [0.717, 1.165) is 5.69 Å². The fraction of sp³-hybridized carbons (Fsp3) is 0.438. The van der Waals surface area contributed by atoms with Gasteiger partial charge in [0.15, 0.2) is 0 Å². The molecule has 2 rings (SSSR count). The Kier molecular flexibility index (Phi) is 5.33. The summed E-state index contributed by atoms with van der Waals surface area (Å²) in [7, 11) is 0. The lowest BCUT2D eigenvalue weighted by Crippen LogP contribution is -2.45. The normalized spacial score (nSPS) is 16.4. The van der Waals surface area contributed by atoms with Gasteiger partial charge in [0, 0.05) is 30.4 Å². The van der Waals surface area contributed by atoms with Crippen LogP contribution in [0.1, 0.15) is 31.9 Å². The summed E-state index contributed by atoms with van der Waals surface area (Å²) in [5, 5.41) is 13.6. The number of carbonyl (C=O) groups is 3. The van der Waals surface area contributed by atoms with Crippen molar-refractivity contribution in [2.24, 2.45) is 0 Å². The van der Waals surface area contributed by atoms with Gasteiger partial charge in [-0.25, -0.2) is 0 Å². The van der Waals surface area contributed by atoms with Crippen LogP contribution in [0.15, 0.2) is 24.3 Å². The zero-order chi connectivity index (χ0) is 17.0. The predicted molar refractivity (Wildman–Crippen MR) is 84.7 cm³/mol. The van der Waals surface area contributed by atoms with E-state index in [2.05, 4.69) is 10.6 Å². The zero-order valence-electron chi connectivity index (χ0n) is 13.2. The Labute approximate surface area is 134 Å². The molecule has 0 aliphatic carbocycles. The second-order valence-electron chi connectivity index (χ2n) is 5.60. The van der Waals surface area contributed by atoms with Crippen LogP contribution in [-0.2, 0) is 14.4 Å². The average Bonchev–Trinajstić information content (AvgIpc) is 2.80. The lowest BCUT2D eigenvalue weighted by Gasteiger charge is -2.22. The summed E-state index contributed by atoms with van der Waals surface area (Å²) in [4.78, 5) is 37.9. The first-order chi connectivity index (χ1) is 11.0. The third kappa shape index (κ3) is 3.50. The maximum absolute atomic E-state index is 12.6. The smallest absolute Gasteiger partial charge is 0.310 e. The summed E-state index contributed by atoms with van der Waals surface area (Å²) in [5.41, 5.74) is 1.43. The van der Waals surface area contributed by atoms with Gasteiger partial charge in [0.25, 0.3) is 5.91 Å². The first-order valence-electron chi connectivity index (χ1n) is 7.59. The summed E-state index contributed by atoms with van der Waals surface area (Å²) in [6, 6.07) is 6.29. The number of aliphatic hydroxyl groups is 1. The Morgan fingerprint density at radius 3 is 2.61 bits per heavy atom. The van der Waals surface area contributed by atoms with Crippen molar-refractivity contribution < 1.29 is 19.5 Å². The molecule has 1 aromatic carbocycles. The van der Waals surface area contributed by atoms with Crippen LogP contribution in [0.25, 0.3) is 0 Å². The molecule has 0 saturated carbocycles. The number of aliphatic hydroxyl groups excluding tert-OH is 1. The average molecular weight is 319 g/mol. The molecule has 0 aromatic heterocycles. The SMILES string of the molecule is CC(C)N1C(=O)[C@@H](NC(=O)C(=O)NCCCO)c2ccccc21. The van der Waals surface area contributed by atoms with Gasteiger partial charge in [-0.3, -0.25) is 14.4 Å². The van der Waals surface area contributed by atoms with Gasteiger partial charge >= 0.3 is 11.8 Å². The molecule has 1 aliphatic rings. The van der Waals surface area contributed by atoms with E-state index in [1.165, 1.54) is 0 Å². The van der Waals surface area contributed by atoms with Gasteiger partial charge in [0.1, 0.15) is 6.04 Å². The van der Waals surface area contributed by atoms with Crippen LogP contribution in [0, 0.1) is 0 Å². The van der Waals surface area contributed by atoms with Crippen LogP contribution in [0.5, 0.6) is 0 Å². The molecule has 7 heteroatoms. The first kappa shape index (κ1) is 17.0. The van der Waals surface area contributed by atoms with Crippen molar-refractivity contribution in [2.45, 2.75) is 32.4 Å². The van der Waals surface area contributed by atoms with Gasteiger partial charge in [0.05, 0.1) is 0 Å². The number of hydrogen-bond donors (Lipinski definition) is 3. The van der Waals surface area contributed by atoms with E-state index in [-0.39, 0.29) is 25.1 Å². The molecule has 23 heavy (non-hydrogen) atoms. The number of carbonyl (C=O) groups excluding carboxylic acids is 3. The van der Waals surface area contributed by atoms with Crippen LogP contribution in [0.3, 0.4) is 0 Å². The van der Waals surface area contributed by atoms with Crippen molar-refractivity contribution in [3.05, 3.63) is 29.8 Å². The van der Waals surface area contributed by atoms with E-state index in [0.29, 0.717) is 12.0 Å². The van der Waals surface area contributed by atoms with E-state index < -0.39 is 17.9 Å². The quantitative estimate of drug-likeness (QED) is 0.529. The molecule has 1 atom stereocenters. The number of nitrogens with one attached hydrogen (secondary N) is 2. The minimum absolute atomic E-state index is 0.0519. The van der Waals surface area contributed by atoms with Crippen molar-refractivity contribution in [3.63, 3.8) is 0 Å². The Morgan fingerprint density at radius 1 is 1.26 bits per heavy atom. The fourth-order valence-corrected chi connectivity index (χ4v) is 2.57. The maximum atomic E-state index is 12.6. The van der Waals surface area contributed by atoms with Crippen LogP contribution in [0.2, 0.25) is 0 Å². The van der Waals surface area contributed by atoms with Gasteiger partial charge in [-0.15, -0.1) is 0 Å². The van der Waals surface area contributed by atoms with Crippen molar-refractivity contribution >= 4 is 23.4 Å². The van der Waals surface area contributed by atoms with E-state index in [9.17, 15) is 14.4 Å². The fourth-order valence-electron chi connectivity index (χ4n) is 2.57. The molecule has 0 saturated heterocycles. The minimum atomic E-state index is -0.860. The van der Waals surface area contributed by atoms with Gasteiger partial charge in [0.2, 0.25) is 0 Å². The third-order valence-corrected chi connectivity index (χ3v) is 3.61. The topological polar surface area (TPSA) is 98.7 Å². The number of rotatable bonds is 5. The summed E-state index contributed by atoms with van der Waals surface area (Å²) in [6.45, 7) is 3.91. The van der Waals surface area contributed by atoms with Gasteiger partial charge < -0.3 is 20.6 Å². The lowest BCUT2D eigenvalue weighted by atomic mass is 10.1. The number of fused-ring (bicyclic) bond motifs is 1. The third-order valence-electron chi connectivity index (χ3n) is 3.61. The highest BCUT2D eigenvalue weighted by molar-refractivity contribution is 6.35. The van der Waals surface area contributed by atoms with Crippen LogP contribution in [-0.4, -0.2) is 42.0 Å². The molecule has 3 amide bonds. The molecule has 0 unspecified atom stereocenters. The largest absolute Gasteiger partial charge is 0.396 e. The van der Waals surface area contributed by atoms with E-state index in [4.69, 9.17) is 5.11 Å². The highest BCUT2D eigenvalue weighted by atomic mass is 16.3. The van der Waals surface area contributed by atoms with E-state index in [1.54, 1.807) is 17.0 Å². The van der Waals surface area contributed by atoms with Crippen molar-refractivity contribution in [1.29, 1.82) is 0 Å². The summed E-state index contributed by atoms with van der Waals surface area (Å²) in [6.07, 6.45) is 0.366. The summed E-state index contributed by atoms with van der Waals surface area (Å²) in [5.74, 6) is -1.92. The highest BCUT2D eigenvalue weighted by Crippen LogP contribution is 2.36. The van der Waals surface area contributed by atoms with Crippen molar-refractivity contribution in [1.82, 2.24) is 10.6 Å². The second-order valence-corrected chi connectivity index (χ2v) is 5.60. The molecule has 1 heterocycles. The number of benzene rings is 1. The standard InChI is InChI=1S/C16H21N3O4/c1-10(2)19-12-7-4-3-6-11(12)13(16(19)23)18-15(22)14(21)17-8-5-9-20/h3-4,6-7,10,13,20H,5,8-9H2,1-2H3,(H,17,21)(H,18,22)/t13-/m0/s1. The minimum Gasteiger partial charge on any atom is -0.396 e. The van der Waals surface area contributed by atoms with Gasteiger partial charge in [-0.2, -0.15) is 0 Å². The molecule has 7 nitrogen and oxygen atoms in total. The van der Waals surface area contributed by atoms with Gasteiger partial charge in [-0.1, -0.05) is 18.2 Å². The number of nitrogens with zero attached hydrogens (tertiary/aromatic N) is 1. The number of anilines is 1. The molecule has 0 spiro atoms. The highest BCUT2D eigenvalue weighted by Gasteiger charge is 2.39.